The number of pyridine rings is 1. The molecular formula is C22H24N8O3S. The van der Waals surface area contributed by atoms with E-state index < -0.39 is 10.6 Å². The summed E-state index contributed by atoms with van der Waals surface area (Å²) >= 11 is 0. The van der Waals surface area contributed by atoms with Gasteiger partial charge in [-0.1, -0.05) is 17.6 Å². The Kier molecular flexibility index (Phi) is 4.90. The van der Waals surface area contributed by atoms with E-state index in [0.29, 0.717) is 35.2 Å². The van der Waals surface area contributed by atoms with Gasteiger partial charge >= 0.3 is 0 Å². The summed E-state index contributed by atoms with van der Waals surface area (Å²) in [5.74, 6) is 2.02. The van der Waals surface area contributed by atoms with Crippen molar-refractivity contribution < 1.29 is 13.6 Å². The molecule has 1 atom stereocenters. The monoisotopic (exact) mass is 480 g/mol. The molecule has 0 spiro atoms. The van der Waals surface area contributed by atoms with Crippen molar-refractivity contribution in [2.75, 3.05) is 17.2 Å². The molecule has 5 heterocycles. The highest BCUT2D eigenvalue weighted by atomic mass is 32.3. The Morgan fingerprint density at radius 1 is 1.06 bits per heavy atom. The van der Waals surface area contributed by atoms with E-state index in [9.17, 15) is 9.11 Å². The van der Waals surface area contributed by atoms with E-state index in [-0.39, 0.29) is 17.4 Å². The fourth-order valence-electron chi connectivity index (χ4n) is 4.68. The summed E-state index contributed by atoms with van der Waals surface area (Å²) in [4.78, 5) is 17.4. The Balaban J connectivity index is 1.25. The highest BCUT2D eigenvalue weighted by Crippen LogP contribution is 2.50. The molecule has 0 radical (unpaired) electrons. The van der Waals surface area contributed by atoms with Crippen LogP contribution in [-0.4, -0.2) is 55.5 Å². The van der Waals surface area contributed by atoms with Gasteiger partial charge in [-0.3, -0.25) is 18.8 Å². The molecule has 2 fully saturated rings. The smallest absolute Gasteiger partial charge is 0.261 e. The van der Waals surface area contributed by atoms with Crippen molar-refractivity contribution in [3.63, 3.8) is 0 Å². The number of nitrogens with zero attached hydrogens (tertiary/aromatic N) is 7. The van der Waals surface area contributed by atoms with Crippen LogP contribution in [-0.2, 0) is 5.41 Å². The first-order chi connectivity index (χ1) is 16.4. The predicted octanol–water partition coefficient (Wildman–Crippen LogP) is 3.53. The van der Waals surface area contributed by atoms with Crippen LogP contribution in [0.25, 0.3) is 22.7 Å². The number of rotatable bonds is 5. The molecule has 6 rings (SSSR count). The first kappa shape index (κ1) is 21.2. The minimum Gasteiger partial charge on any atom is -0.368 e. The number of anilines is 1. The summed E-state index contributed by atoms with van der Waals surface area (Å²) in [6, 6.07) is 3.96. The summed E-state index contributed by atoms with van der Waals surface area (Å²) in [6.45, 7) is 0. The summed E-state index contributed by atoms with van der Waals surface area (Å²) < 4.78 is 27.2. The van der Waals surface area contributed by atoms with E-state index >= 15 is 0 Å². The quantitative estimate of drug-likeness (QED) is 0.385. The number of nitrogen functional groups attached to an aromatic ring is 1. The molecule has 1 saturated carbocycles. The molecule has 34 heavy (non-hydrogen) atoms. The van der Waals surface area contributed by atoms with Gasteiger partial charge in [-0.05, 0) is 30.9 Å². The average molecular weight is 481 g/mol. The molecule has 4 N–H and O–H groups in total. The lowest BCUT2D eigenvalue weighted by atomic mass is 9.64. The Bertz CT molecular complexity index is 1310. The zero-order chi connectivity index (χ0) is 23.3. The standard InChI is InChI=1S/C22H24N8O3S/c23-21-25-8-14(9-26-21)18-3-2-16(11-24-18)22(5-1-6-22)20-28-19(33-29-20)15-10-27-30(12-15)17-4-7-34(31,32)13-17/h2-3,8-12,17,31-32H,1,4-7,13H2,(H2,23,25,26). The van der Waals surface area contributed by atoms with Crippen molar-refractivity contribution in [2.24, 2.45) is 0 Å². The molecule has 2 aliphatic rings. The van der Waals surface area contributed by atoms with Crippen LogP contribution in [0.1, 0.15) is 43.1 Å². The van der Waals surface area contributed by atoms with E-state index in [1.165, 1.54) is 0 Å². The molecule has 0 amide bonds. The third kappa shape index (κ3) is 3.63. The molecule has 0 bridgehead atoms. The summed E-state index contributed by atoms with van der Waals surface area (Å²) in [7, 11) is -2.49. The summed E-state index contributed by atoms with van der Waals surface area (Å²) in [6.07, 6.45) is 12.3. The molecule has 12 heteroatoms. The van der Waals surface area contributed by atoms with Gasteiger partial charge in [0.15, 0.2) is 5.82 Å². The van der Waals surface area contributed by atoms with Gasteiger partial charge in [-0.25, -0.2) is 9.97 Å². The SMILES string of the molecule is Nc1ncc(-c2ccc(C3(c4noc(-c5cnn(C6CCS(O)(O)C6)c5)n4)CCC3)cn2)cn1. The number of nitrogens with two attached hydrogens (primary N) is 1. The normalized spacial score (nSPS) is 21.8. The zero-order valence-electron chi connectivity index (χ0n) is 18.3. The van der Waals surface area contributed by atoms with Gasteiger partial charge in [0.05, 0.1) is 34.7 Å². The second-order valence-corrected chi connectivity index (χ2v) is 11.3. The van der Waals surface area contributed by atoms with Gasteiger partial charge in [-0.2, -0.15) is 20.7 Å². The number of hydrogen-bond acceptors (Lipinski definition) is 10. The van der Waals surface area contributed by atoms with Crippen LogP contribution < -0.4 is 5.73 Å². The van der Waals surface area contributed by atoms with E-state index in [0.717, 1.165) is 36.1 Å². The fourth-order valence-corrected chi connectivity index (χ4v) is 6.43. The maximum absolute atomic E-state index is 9.92. The van der Waals surface area contributed by atoms with Crippen LogP contribution in [0.3, 0.4) is 0 Å². The van der Waals surface area contributed by atoms with Crippen LogP contribution >= 0.6 is 10.6 Å². The van der Waals surface area contributed by atoms with Crippen molar-refractivity contribution in [3.8, 4) is 22.7 Å². The Morgan fingerprint density at radius 2 is 1.88 bits per heavy atom. The van der Waals surface area contributed by atoms with E-state index in [1.807, 2.05) is 24.5 Å². The molecule has 4 aromatic heterocycles. The largest absolute Gasteiger partial charge is 0.368 e. The first-order valence-corrected chi connectivity index (χ1v) is 13.0. The van der Waals surface area contributed by atoms with Gasteiger partial charge < -0.3 is 10.3 Å². The lowest BCUT2D eigenvalue weighted by molar-refractivity contribution is 0.272. The third-order valence-electron chi connectivity index (χ3n) is 6.80. The second-order valence-electron chi connectivity index (χ2n) is 8.95. The number of aromatic nitrogens is 7. The van der Waals surface area contributed by atoms with Gasteiger partial charge in [0.1, 0.15) is 0 Å². The predicted molar refractivity (Wildman–Crippen MR) is 126 cm³/mol. The van der Waals surface area contributed by atoms with Crippen molar-refractivity contribution in [1.29, 1.82) is 0 Å². The fraction of sp³-hybridized carbons (Fsp3) is 0.364. The second kappa shape index (κ2) is 7.86. The van der Waals surface area contributed by atoms with E-state index in [2.05, 4.69) is 25.2 Å². The van der Waals surface area contributed by atoms with E-state index in [4.69, 9.17) is 15.2 Å². The molecular weight excluding hydrogens is 456 g/mol. The van der Waals surface area contributed by atoms with Gasteiger partial charge in [-0.15, -0.1) is 0 Å². The molecule has 4 aromatic rings. The van der Waals surface area contributed by atoms with Crippen LogP contribution in [0.5, 0.6) is 0 Å². The Labute approximate surface area is 196 Å². The van der Waals surface area contributed by atoms with Crippen molar-refractivity contribution in [3.05, 3.63) is 54.5 Å². The molecule has 0 aromatic carbocycles. The van der Waals surface area contributed by atoms with Crippen LogP contribution in [0, 0.1) is 0 Å². The third-order valence-corrected chi connectivity index (χ3v) is 8.61. The average Bonchev–Trinajstić information content (AvgIpc) is 3.54. The highest BCUT2D eigenvalue weighted by Gasteiger charge is 2.45. The van der Waals surface area contributed by atoms with Gasteiger partial charge in [0.25, 0.3) is 5.89 Å². The molecule has 1 unspecified atom stereocenters. The van der Waals surface area contributed by atoms with Crippen LogP contribution in [0.2, 0.25) is 0 Å². The van der Waals surface area contributed by atoms with Gasteiger partial charge in [0, 0.05) is 36.1 Å². The maximum Gasteiger partial charge on any atom is 0.261 e. The lowest BCUT2D eigenvalue weighted by Gasteiger charge is -2.39. The molecule has 1 saturated heterocycles. The molecule has 176 valence electrons. The Hall–Kier alpha value is -3.35. The number of hydrogen-bond donors (Lipinski definition) is 3. The van der Waals surface area contributed by atoms with Crippen LogP contribution in [0.4, 0.5) is 5.95 Å². The van der Waals surface area contributed by atoms with Crippen molar-refractivity contribution in [1.82, 2.24) is 34.9 Å². The molecule has 11 nitrogen and oxygen atoms in total. The summed E-state index contributed by atoms with van der Waals surface area (Å²) in [5, 5.41) is 8.72. The maximum atomic E-state index is 9.92. The zero-order valence-corrected chi connectivity index (χ0v) is 19.1. The Morgan fingerprint density at radius 3 is 2.53 bits per heavy atom. The first-order valence-electron chi connectivity index (χ1n) is 11.1. The topological polar surface area (TPSA) is 162 Å². The van der Waals surface area contributed by atoms with E-state index in [1.54, 1.807) is 23.3 Å². The van der Waals surface area contributed by atoms with Crippen molar-refractivity contribution in [2.45, 2.75) is 37.1 Å². The lowest BCUT2D eigenvalue weighted by Crippen LogP contribution is -2.36. The highest BCUT2D eigenvalue weighted by molar-refractivity contribution is 8.24. The van der Waals surface area contributed by atoms with Gasteiger partial charge in [0.2, 0.25) is 5.95 Å². The minimum absolute atomic E-state index is 0.0323. The molecule has 1 aliphatic heterocycles. The van der Waals surface area contributed by atoms with Crippen LogP contribution in [0.15, 0.2) is 47.6 Å². The van der Waals surface area contributed by atoms with Crippen molar-refractivity contribution >= 4 is 16.5 Å². The molecule has 1 aliphatic carbocycles. The summed E-state index contributed by atoms with van der Waals surface area (Å²) in [5.41, 5.74) is 8.56. The minimum atomic E-state index is -2.49.